The molecule has 1 unspecified atom stereocenters. The second-order valence-electron chi connectivity index (χ2n) is 4.90. The van der Waals surface area contributed by atoms with E-state index in [1.54, 1.807) is 0 Å². The van der Waals surface area contributed by atoms with Crippen LogP contribution in [0.25, 0.3) is 0 Å². The molecule has 0 saturated heterocycles. The molecule has 1 atom stereocenters. The van der Waals surface area contributed by atoms with E-state index in [2.05, 4.69) is 29.7 Å². The van der Waals surface area contributed by atoms with Crippen molar-refractivity contribution in [3.63, 3.8) is 0 Å². The predicted molar refractivity (Wildman–Crippen MR) is 75.7 cm³/mol. The molecule has 0 aromatic heterocycles. The first-order valence-corrected chi connectivity index (χ1v) is 6.64. The number of nitrogens with one attached hydrogen (secondary N) is 1. The van der Waals surface area contributed by atoms with E-state index in [1.807, 2.05) is 30.3 Å². The predicted octanol–water partition coefficient (Wildman–Crippen LogP) is 2.78. The van der Waals surface area contributed by atoms with E-state index < -0.39 is 0 Å². The van der Waals surface area contributed by atoms with Crippen molar-refractivity contribution >= 4 is 0 Å². The summed E-state index contributed by atoms with van der Waals surface area (Å²) in [4.78, 5) is 0. The van der Waals surface area contributed by atoms with Crippen molar-refractivity contribution in [3.8, 4) is 5.75 Å². The maximum absolute atomic E-state index is 5.75. The number of rotatable bonds is 5. The van der Waals surface area contributed by atoms with Crippen molar-refractivity contribution in [3.05, 3.63) is 65.7 Å². The van der Waals surface area contributed by atoms with E-state index in [0.717, 1.165) is 16.9 Å². The van der Waals surface area contributed by atoms with E-state index in [0.29, 0.717) is 6.10 Å². The molecular weight excluding hydrogens is 236 g/mol. The fourth-order valence-corrected chi connectivity index (χ4v) is 2.15. The van der Waals surface area contributed by atoms with Gasteiger partial charge in [-0.15, -0.1) is 0 Å². The average molecular weight is 254 g/mol. The lowest BCUT2D eigenvalue weighted by molar-refractivity contribution is 0.303. The second kappa shape index (κ2) is 5.43. The number of hydrogen-bond acceptors (Lipinski definition) is 3. The number of hydrogen-bond donors (Lipinski definition) is 2. The molecule has 1 saturated carbocycles. The van der Waals surface area contributed by atoms with Crippen molar-refractivity contribution in [2.75, 3.05) is 0 Å². The number of benzene rings is 2. The van der Waals surface area contributed by atoms with Crippen LogP contribution in [0.2, 0.25) is 0 Å². The largest absolute Gasteiger partial charge is 0.490 e. The highest BCUT2D eigenvalue weighted by Crippen LogP contribution is 2.28. The van der Waals surface area contributed by atoms with Gasteiger partial charge in [0.1, 0.15) is 5.75 Å². The molecule has 2 aromatic rings. The molecular formula is C16H18N2O. The van der Waals surface area contributed by atoms with Gasteiger partial charge in [-0.3, -0.25) is 5.84 Å². The molecule has 2 aromatic carbocycles. The van der Waals surface area contributed by atoms with Gasteiger partial charge in [0.15, 0.2) is 0 Å². The molecule has 0 spiro atoms. The van der Waals surface area contributed by atoms with Gasteiger partial charge in [-0.05, 0) is 36.1 Å². The van der Waals surface area contributed by atoms with Crippen LogP contribution in [0.4, 0.5) is 0 Å². The van der Waals surface area contributed by atoms with E-state index in [4.69, 9.17) is 10.6 Å². The summed E-state index contributed by atoms with van der Waals surface area (Å²) in [6.45, 7) is 0. The summed E-state index contributed by atoms with van der Waals surface area (Å²) in [7, 11) is 0. The van der Waals surface area contributed by atoms with Gasteiger partial charge in [0.05, 0.1) is 12.1 Å². The van der Waals surface area contributed by atoms with Gasteiger partial charge >= 0.3 is 0 Å². The fraction of sp³-hybridized carbons (Fsp3) is 0.250. The van der Waals surface area contributed by atoms with Crippen LogP contribution in [0.15, 0.2) is 54.6 Å². The third-order valence-corrected chi connectivity index (χ3v) is 3.34. The van der Waals surface area contributed by atoms with Gasteiger partial charge in [-0.25, -0.2) is 5.43 Å². The van der Waals surface area contributed by atoms with Crippen molar-refractivity contribution in [2.24, 2.45) is 5.84 Å². The molecule has 0 heterocycles. The summed E-state index contributed by atoms with van der Waals surface area (Å²) in [5.74, 6) is 6.62. The highest BCUT2D eigenvalue weighted by atomic mass is 16.5. The van der Waals surface area contributed by atoms with Crippen LogP contribution in [0, 0.1) is 0 Å². The Labute approximate surface area is 113 Å². The standard InChI is InChI=1S/C16H18N2O/c17-18-16(12-4-2-1-3-5-12)13-6-8-14(9-7-13)19-15-10-11-15/h1-9,15-16,18H,10-11,17H2. The summed E-state index contributed by atoms with van der Waals surface area (Å²) in [6, 6.07) is 18.3. The highest BCUT2D eigenvalue weighted by molar-refractivity contribution is 5.35. The Kier molecular flexibility index (Phi) is 3.49. The lowest BCUT2D eigenvalue weighted by atomic mass is 9.99. The molecule has 98 valence electrons. The zero-order valence-electron chi connectivity index (χ0n) is 10.8. The number of nitrogens with two attached hydrogens (primary N) is 1. The Morgan fingerprint density at radius 3 is 2.16 bits per heavy atom. The third-order valence-electron chi connectivity index (χ3n) is 3.34. The summed E-state index contributed by atoms with van der Waals surface area (Å²) in [6.07, 6.45) is 2.79. The number of hydrazine groups is 1. The van der Waals surface area contributed by atoms with Crippen LogP contribution >= 0.6 is 0 Å². The quantitative estimate of drug-likeness (QED) is 0.637. The minimum Gasteiger partial charge on any atom is -0.490 e. The summed E-state index contributed by atoms with van der Waals surface area (Å²) in [5, 5.41) is 0. The molecule has 3 N–H and O–H groups in total. The Morgan fingerprint density at radius 2 is 1.58 bits per heavy atom. The first-order valence-electron chi connectivity index (χ1n) is 6.64. The monoisotopic (exact) mass is 254 g/mol. The summed E-state index contributed by atoms with van der Waals surface area (Å²) < 4.78 is 5.75. The first kappa shape index (κ1) is 12.2. The molecule has 3 heteroatoms. The van der Waals surface area contributed by atoms with Crippen LogP contribution in [-0.4, -0.2) is 6.10 Å². The first-order chi connectivity index (χ1) is 9.36. The molecule has 0 radical (unpaired) electrons. The van der Waals surface area contributed by atoms with E-state index >= 15 is 0 Å². The lowest BCUT2D eigenvalue weighted by Gasteiger charge is -2.17. The molecule has 0 amide bonds. The van der Waals surface area contributed by atoms with Crippen LogP contribution < -0.4 is 16.0 Å². The highest BCUT2D eigenvalue weighted by Gasteiger charge is 2.23. The van der Waals surface area contributed by atoms with Gasteiger partial charge in [0.2, 0.25) is 0 Å². The van der Waals surface area contributed by atoms with Crippen LogP contribution in [-0.2, 0) is 0 Å². The zero-order valence-corrected chi connectivity index (χ0v) is 10.8. The van der Waals surface area contributed by atoms with Crippen molar-refractivity contribution < 1.29 is 4.74 Å². The fourth-order valence-electron chi connectivity index (χ4n) is 2.15. The molecule has 0 aliphatic heterocycles. The van der Waals surface area contributed by atoms with E-state index in [-0.39, 0.29) is 6.04 Å². The Morgan fingerprint density at radius 1 is 0.947 bits per heavy atom. The van der Waals surface area contributed by atoms with Gasteiger partial charge in [-0.2, -0.15) is 0 Å². The Bertz CT molecular complexity index is 520. The summed E-state index contributed by atoms with van der Waals surface area (Å²) >= 11 is 0. The van der Waals surface area contributed by atoms with E-state index in [1.165, 1.54) is 12.8 Å². The molecule has 1 fully saturated rings. The molecule has 0 bridgehead atoms. The topological polar surface area (TPSA) is 47.3 Å². The van der Waals surface area contributed by atoms with Gasteiger partial charge < -0.3 is 4.74 Å². The minimum absolute atomic E-state index is 0.0103. The van der Waals surface area contributed by atoms with Crippen LogP contribution in [0.1, 0.15) is 30.0 Å². The maximum Gasteiger partial charge on any atom is 0.119 e. The van der Waals surface area contributed by atoms with Gasteiger partial charge in [-0.1, -0.05) is 42.5 Å². The summed E-state index contributed by atoms with van der Waals surface area (Å²) in [5.41, 5.74) is 5.16. The number of ether oxygens (including phenoxy) is 1. The van der Waals surface area contributed by atoms with Crippen molar-refractivity contribution in [2.45, 2.75) is 25.0 Å². The van der Waals surface area contributed by atoms with Crippen molar-refractivity contribution in [1.29, 1.82) is 0 Å². The molecule has 3 rings (SSSR count). The maximum atomic E-state index is 5.75. The molecule has 19 heavy (non-hydrogen) atoms. The van der Waals surface area contributed by atoms with Crippen molar-refractivity contribution in [1.82, 2.24) is 5.43 Å². The Hall–Kier alpha value is -1.84. The second-order valence-corrected chi connectivity index (χ2v) is 4.90. The SMILES string of the molecule is NNC(c1ccccc1)c1ccc(OC2CC2)cc1. The molecule has 3 nitrogen and oxygen atoms in total. The molecule has 1 aliphatic carbocycles. The Balaban J connectivity index is 1.79. The van der Waals surface area contributed by atoms with Crippen LogP contribution in [0.5, 0.6) is 5.75 Å². The minimum atomic E-state index is 0.0103. The zero-order chi connectivity index (χ0) is 13.1. The van der Waals surface area contributed by atoms with E-state index in [9.17, 15) is 0 Å². The molecule has 1 aliphatic rings. The van der Waals surface area contributed by atoms with Crippen LogP contribution in [0.3, 0.4) is 0 Å². The average Bonchev–Trinajstić information content (AvgIpc) is 3.27. The third kappa shape index (κ3) is 2.95. The lowest BCUT2D eigenvalue weighted by Crippen LogP contribution is -2.28. The normalized spacial score (nSPS) is 16.1. The van der Waals surface area contributed by atoms with Gasteiger partial charge in [0, 0.05) is 0 Å². The van der Waals surface area contributed by atoms with Gasteiger partial charge in [0.25, 0.3) is 0 Å². The smallest absolute Gasteiger partial charge is 0.119 e.